The second-order valence-corrected chi connectivity index (χ2v) is 3.30. The van der Waals surface area contributed by atoms with Crippen molar-refractivity contribution < 1.29 is 9.26 Å². The number of hydrogen-bond donors (Lipinski definition) is 1. The van der Waals surface area contributed by atoms with E-state index in [1.165, 1.54) is 11.3 Å². The summed E-state index contributed by atoms with van der Waals surface area (Å²) in [5.74, 6) is 0.294. The molecule has 5 nitrogen and oxygen atoms in total. The van der Waals surface area contributed by atoms with Crippen molar-refractivity contribution >= 4 is 17.2 Å². The van der Waals surface area contributed by atoms with E-state index in [9.17, 15) is 0 Å². The second kappa shape index (κ2) is 3.06. The Balaban J connectivity index is 2.35. The number of rotatable bonds is 2. The molecule has 0 radical (unpaired) electrons. The minimum Gasteiger partial charge on any atom is -0.473 e. The molecule has 0 aliphatic heterocycles. The number of ether oxygens (including phenoxy) is 1. The molecule has 0 unspecified atom stereocenters. The third-order valence-electron chi connectivity index (χ3n) is 1.44. The third kappa shape index (κ3) is 1.48. The van der Waals surface area contributed by atoms with Gasteiger partial charge in [0, 0.05) is 6.07 Å². The molecule has 2 heterocycles. The summed E-state index contributed by atoms with van der Waals surface area (Å²) < 4.78 is 9.67. The first-order valence-electron chi connectivity index (χ1n) is 3.52. The number of thiazole rings is 1. The van der Waals surface area contributed by atoms with Crippen molar-refractivity contribution in [2.45, 2.75) is 0 Å². The van der Waals surface area contributed by atoms with Gasteiger partial charge >= 0.3 is 0 Å². The van der Waals surface area contributed by atoms with E-state index < -0.39 is 0 Å². The average molecular weight is 197 g/mol. The first-order chi connectivity index (χ1) is 6.29. The van der Waals surface area contributed by atoms with Gasteiger partial charge in [0.05, 0.1) is 18.2 Å². The summed E-state index contributed by atoms with van der Waals surface area (Å²) in [6.45, 7) is 0. The Kier molecular flexibility index (Phi) is 1.90. The zero-order valence-corrected chi connectivity index (χ0v) is 7.67. The molecule has 0 bridgehead atoms. The van der Waals surface area contributed by atoms with Gasteiger partial charge in [-0.15, -0.1) is 0 Å². The number of nitrogens with zero attached hydrogens (tertiary/aromatic N) is 2. The van der Waals surface area contributed by atoms with Gasteiger partial charge in [-0.3, -0.25) is 0 Å². The summed E-state index contributed by atoms with van der Waals surface area (Å²) in [6.07, 6.45) is 1.67. The number of methoxy groups -OCH3 is 1. The standard InChI is InChI=1S/C7H7N3O2S/c1-11-7-9-3-5(13-7)4-2-6(8)12-10-4/h2-3H,8H2,1H3. The van der Waals surface area contributed by atoms with Crippen molar-refractivity contribution in [1.82, 2.24) is 10.1 Å². The molecule has 2 aromatic rings. The van der Waals surface area contributed by atoms with Gasteiger partial charge < -0.3 is 15.0 Å². The Morgan fingerprint density at radius 3 is 3.00 bits per heavy atom. The largest absolute Gasteiger partial charge is 0.473 e. The van der Waals surface area contributed by atoms with Crippen molar-refractivity contribution in [3.05, 3.63) is 12.3 Å². The third-order valence-corrected chi connectivity index (χ3v) is 2.42. The zero-order valence-electron chi connectivity index (χ0n) is 6.85. The lowest BCUT2D eigenvalue weighted by molar-refractivity contribution is 0.412. The van der Waals surface area contributed by atoms with E-state index >= 15 is 0 Å². The Morgan fingerprint density at radius 1 is 1.62 bits per heavy atom. The highest BCUT2D eigenvalue weighted by molar-refractivity contribution is 7.16. The Bertz CT molecular complexity index is 409. The molecule has 2 N–H and O–H groups in total. The number of anilines is 1. The molecule has 0 atom stereocenters. The fourth-order valence-corrected chi connectivity index (χ4v) is 1.56. The van der Waals surface area contributed by atoms with Crippen LogP contribution in [-0.4, -0.2) is 17.3 Å². The molecule has 2 rings (SSSR count). The highest BCUT2D eigenvalue weighted by Crippen LogP contribution is 2.29. The van der Waals surface area contributed by atoms with E-state index in [0.29, 0.717) is 16.8 Å². The van der Waals surface area contributed by atoms with Crippen LogP contribution in [0.5, 0.6) is 5.19 Å². The van der Waals surface area contributed by atoms with Crippen LogP contribution in [0, 0.1) is 0 Å². The van der Waals surface area contributed by atoms with E-state index in [1.54, 1.807) is 19.4 Å². The average Bonchev–Trinajstić information content (AvgIpc) is 2.71. The minimum atomic E-state index is 0.294. The summed E-state index contributed by atoms with van der Waals surface area (Å²) in [4.78, 5) is 4.87. The molecular formula is C7H7N3O2S. The molecule has 68 valence electrons. The van der Waals surface area contributed by atoms with Gasteiger partial charge in [-0.25, -0.2) is 4.98 Å². The second-order valence-electron chi connectivity index (χ2n) is 2.31. The van der Waals surface area contributed by atoms with E-state index in [4.69, 9.17) is 15.0 Å². The van der Waals surface area contributed by atoms with Gasteiger partial charge in [-0.2, -0.15) is 0 Å². The lowest BCUT2D eigenvalue weighted by Gasteiger charge is -1.86. The van der Waals surface area contributed by atoms with E-state index in [-0.39, 0.29) is 0 Å². The van der Waals surface area contributed by atoms with E-state index in [0.717, 1.165) is 4.88 Å². The van der Waals surface area contributed by atoms with Crippen molar-refractivity contribution in [3.8, 4) is 15.8 Å². The van der Waals surface area contributed by atoms with Gasteiger partial charge in [0.2, 0.25) is 5.88 Å². The van der Waals surface area contributed by atoms with Gasteiger partial charge in [0.25, 0.3) is 5.19 Å². The molecule has 2 aromatic heterocycles. The molecule has 0 saturated carbocycles. The molecule has 0 fully saturated rings. The summed E-state index contributed by atoms with van der Waals surface area (Å²) >= 11 is 1.39. The van der Waals surface area contributed by atoms with Crippen LogP contribution in [0.15, 0.2) is 16.8 Å². The number of hydrogen-bond acceptors (Lipinski definition) is 6. The summed E-state index contributed by atoms with van der Waals surface area (Å²) in [6, 6.07) is 1.65. The normalized spacial score (nSPS) is 10.2. The van der Waals surface area contributed by atoms with Crippen LogP contribution in [0.2, 0.25) is 0 Å². The lowest BCUT2D eigenvalue weighted by atomic mass is 10.4. The monoisotopic (exact) mass is 197 g/mol. The molecule has 6 heteroatoms. The van der Waals surface area contributed by atoms with Gasteiger partial charge in [-0.1, -0.05) is 16.5 Å². The quantitative estimate of drug-likeness (QED) is 0.787. The van der Waals surface area contributed by atoms with E-state index in [2.05, 4.69) is 10.1 Å². The molecule has 0 saturated heterocycles. The SMILES string of the molecule is COc1ncc(-c2cc(N)on2)s1. The van der Waals surface area contributed by atoms with Gasteiger partial charge in [0.15, 0.2) is 0 Å². The van der Waals surface area contributed by atoms with E-state index in [1.807, 2.05) is 0 Å². The minimum absolute atomic E-state index is 0.294. The first kappa shape index (κ1) is 8.06. The Hall–Kier alpha value is -1.56. The summed E-state index contributed by atoms with van der Waals surface area (Å²) in [7, 11) is 1.57. The number of aromatic nitrogens is 2. The lowest BCUT2D eigenvalue weighted by Crippen LogP contribution is -1.76. The van der Waals surface area contributed by atoms with Crippen molar-refractivity contribution in [2.75, 3.05) is 12.8 Å². The zero-order chi connectivity index (χ0) is 9.26. The molecule has 0 aliphatic carbocycles. The van der Waals surface area contributed by atoms with Crippen LogP contribution in [-0.2, 0) is 0 Å². The number of nitrogen functional groups attached to an aromatic ring is 1. The molecule has 13 heavy (non-hydrogen) atoms. The predicted octanol–water partition coefficient (Wildman–Crippen LogP) is 1.39. The predicted molar refractivity (Wildman–Crippen MR) is 48.6 cm³/mol. The first-order valence-corrected chi connectivity index (χ1v) is 4.33. The van der Waals surface area contributed by atoms with Crippen molar-refractivity contribution in [2.24, 2.45) is 0 Å². The van der Waals surface area contributed by atoms with Crippen LogP contribution < -0.4 is 10.5 Å². The maximum Gasteiger partial charge on any atom is 0.273 e. The number of nitrogens with two attached hydrogens (primary N) is 1. The van der Waals surface area contributed by atoms with Gasteiger partial charge in [-0.05, 0) is 0 Å². The van der Waals surface area contributed by atoms with Crippen LogP contribution in [0.25, 0.3) is 10.6 Å². The smallest absolute Gasteiger partial charge is 0.273 e. The molecule has 0 aliphatic rings. The van der Waals surface area contributed by atoms with Crippen LogP contribution in [0.1, 0.15) is 0 Å². The molecule has 0 aromatic carbocycles. The van der Waals surface area contributed by atoms with Gasteiger partial charge in [0.1, 0.15) is 5.69 Å². The maximum absolute atomic E-state index is 5.38. The summed E-state index contributed by atoms with van der Waals surface area (Å²) in [5, 5.41) is 4.34. The molecule has 0 amide bonds. The molecular weight excluding hydrogens is 190 g/mol. The fourth-order valence-electron chi connectivity index (χ4n) is 0.876. The highest BCUT2D eigenvalue weighted by Gasteiger charge is 2.08. The topological polar surface area (TPSA) is 74.2 Å². The van der Waals surface area contributed by atoms with Crippen LogP contribution in [0.3, 0.4) is 0 Å². The van der Waals surface area contributed by atoms with Crippen LogP contribution in [0.4, 0.5) is 5.88 Å². The van der Waals surface area contributed by atoms with Crippen molar-refractivity contribution in [1.29, 1.82) is 0 Å². The maximum atomic E-state index is 5.38. The van der Waals surface area contributed by atoms with Crippen LogP contribution >= 0.6 is 11.3 Å². The van der Waals surface area contributed by atoms with Crippen molar-refractivity contribution in [3.63, 3.8) is 0 Å². The Morgan fingerprint density at radius 2 is 2.46 bits per heavy atom. The molecule has 0 spiro atoms. The Labute approximate surface area is 78.1 Å². The summed E-state index contributed by atoms with van der Waals surface area (Å²) in [5.41, 5.74) is 6.06. The highest BCUT2D eigenvalue weighted by atomic mass is 32.1. The fraction of sp³-hybridized carbons (Fsp3) is 0.143.